The SMILES string of the molecule is CCNC(=O)[C@H]1O[C@@H](n2cnc3c(N)nc(C#CCC4CCN(C(=O)OC)CC4)nc32)C(O)[C@H]1O. The van der Waals surface area contributed by atoms with E-state index in [0.717, 1.165) is 12.8 Å². The standard InChI is InChI=1S/C22H29N7O6/c1-3-24-20(32)17-15(30)16(31)21(35-17)29-11-25-14-18(23)26-13(27-19(14)29)6-4-5-12-7-9-28(10-8-12)22(33)34-2/h11-12,15-17,21,30-31H,3,5,7-10H2,1-2H3,(H,24,32)(H2,23,26,27)/t15-,16?,17+,21-/m1/s1. The molecule has 0 aromatic carbocycles. The van der Waals surface area contributed by atoms with Gasteiger partial charge in [-0.25, -0.2) is 19.7 Å². The second kappa shape index (κ2) is 10.4. The molecule has 5 N–H and O–H groups in total. The molecule has 35 heavy (non-hydrogen) atoms. The van der Waals surface area contributed by atoms with Crippen molar-refractivity contribution in [3.63, 3.8) is 0 Å². The number of carbonyl (C=O) groups is 2. The average molecular weight is 488 g/mol. The van der Waals surface area contributed by atoms with Crippen LogP contribution in [0.4, 0.5) is 10.6 Å². The molecule has 2 amide bonds. The lowest BCUT2D eigenvalue weighted by atomic mass is 9.94. The summed E-state index contributed by atoms with van der Waals surface area (Å²) in [5.41, 5.74) is 6.61. The van der Waals surface area contributed by atoms with Crippen LogP contribution in [0.25, 0.3) is 11.2 Å². The molecule has 2 aliphatic rings. The fraction of sp³-hybridized carbons (Fsp3) is 0.591. The number of amides is 2. The highest BCUT2D eigenvalue weighted by Crippen LogP contribution is 2.32. The Bertz CT molecular complexity index is 1150. The van der Waals surface area contributed by atoms with Gasteiger partial charge in [0.15, 0.2) is 23.8 Å². The van der Waals surface area contributed by atoms with Gasteiger partial charge in [-0.3, -0.25) is 9.36 Å². The minimum atomic E-state index is -1.42. The van der Waals surface area contributed by atoms with E-state index >= 15 is 0 Å². The number of aromatic nitrogens is 4. The molecule has 2 aromatic heterocycles. The molecule has 4 rings (SSSR count). The van der Waals surface area contributed by atoms with Crippen molar-refractivity contribution in [3.8, 4) is 11.8 Å². The van der Waals surface area contributed by atoms with Crippen LogP contribution in [-0.2, 0) is 14.3 Å². The molecule has 13 heteroatoms. The van der Waals surface area contributed by atoms with E-state index in [9.17, 15) is 19.8 Å². The monoisotopic (exact) mass is 487 g/mol. The maximum atomic E-state index is 12.2. The third-order valence-electron chi connectivity index (χ3n) is 6.21. The molecule has 0 saturated carbocycles. The highest BCUT2D eigenvalue weighted by Gasteiger charge is 2.47. The summed E-state index contributed by atoms with van der Waals surface area (Å²) in [4.78, 5) is 38.3. The van der Waals surface area contributed by atoms with Gasteiger partial charge in [-0.2, -0.15) is 0 Å². The van der Waals surface area contributed by atoms with E-state index in [-0.39, 0.29) is 28.9 Å². The van der Waals surface area contributed by atoms with Crippen LogP contribution in [0.1, 0.15) is 38.2 Å². The smallest absolute Gasteiger partial charge is 0.409 e. The van der Waals surface area contributed by atoms with E-state index < -0.39 is 30.4 Å². The van der Waals surface area contributed by atoms with E-state index in [1.165, 1.54) is 18.0 Å². The Morgan fingerprint density at radius 1 is 1.29 bits per heavy atom. The van der Waals surface area contributed by atoms with Crippen LogP contribution in [0.15, 0.2) is 6.33 Å². The Morgan fingerprint density at radius 2 is 2.03 bits per heavy atom. The molecule has 0 radical (unpaired) electrons. The number of nitrogen functional groups attached to an aromatic ring is 1. The van der Waals surface area contributed by atoms with Crippen molar-refractivity contribution in [3.05, 3.63) is 12.2 Å². The Kier molecular flexibility index (Phi) is 7.34. The summed E-state index contributed by atoms with van der Waals surface area (Å²) in [5, 5.41) is 23.4. The Hall–Kier alpha value is -3.47. The van der Waals surface area contributed by atoms with Crippen LogP contribution in [0.3, 0.4) is 0 Å². The molecule has 2 saturated heterocycles. The number of aliphatic hydroxyl groups excluding tert-OH is 2. The minimum absolute atomic E-state index is 0.109. The van der Waals surface area contributed by atoms with E-state index in [1.54, 1.807) is 11.8 Å². The van der Waals surface area contributed by atoms with Crippen molar-refractivity contribution < 1.29 is 29.3 Å². The lowest BCUT2D eigenvalue weighted by molar-refractivity contribution is -0.137. The second-order valence-corrected chi connectivity index (χ2v) is 8.49. The van der Waals surface area contributed by atoms with Crippen molar-refractivity contribution >= 4 is 29.0 Å². The lowest BCUT2D eigenvalue weighted by Gasteiger charge is -2.29. The quantitative estimate of drug-likeness (QED) is 0.406. The summed E-state index contributed by atoms with van der Waals surface area (Å²) in [6, 6.07) is 0. The number of ether oxygens (including phenoxy) is 2. The van der Waals surface area contributed by atoms with Gasteiger partial charge < -0.3 is 35.6 Å². The first kappa shape index (κ1) is 24.6. The number of nitrogens with two attached hydrogens (primary N) is 1. The van der Waals surface area contributed by atoms with Crippen molar-refractivity contribution in [2.45, 2.75) is 50.7 Å². The number of imidazole rings is 1. The average Bonchev–Trinajstić information content (AvgIpc) is 3.40. The molecular formula is C22H29N7O6. The highest BCUT2D eigenvalue weighted by atomic mass is 16.6. The van der Waals surface area contributed by atoms with Crippen LogP contribution in [-0.4, -0.2) is 91.7 Å². The third-order valence-corrected chi connectivity index (χ3v) is 6.21. The fourth-order valence-electron chi connectivity index (χ4n) is 4.28. The van der Waals surface area contributed by atoms with Gasteiger partial charge in [0, 0.05) is 26.1 Å². The first-order valence-electron chi connectivity index (χ1n) is 11.4. The number of hydrogen-bond acceptors (Lipinski definition) is 10. The second-order valence-electron chi connectivity index (χ2n) is 8.49. The molecule has 4 heterocycles. The maximum Gasteiger partial charge on any atom is 0.409 e. The summed E-state index contributed by atoms with van der Waals surface area (Å²) in [6.07, 6.45) is -1.84. The van der Waals surface area contributed by atoms with E-state index in [2.05, 4.69) is 32.1 Å². The van der Waals surface area contributed by atoms with Crippen molar-refractivity contribution in [2.75, 3.05) is 32.5 Å². The summed E-state index contributed by atoms with van der Waals surface area (Å²) < 4.78 is 11.8. The number of anilines is 1. The zero-order valence-electron chi connectivity index (χ0n) is 19.5. The zero-order valence-corrected chi connectivity index (χ0v) is 19.5. The Labute approximate surface area is 201 Å². The van der Waals surface area contributed by atoms with E-state index in [1.807, 2.05) is 0 Å². The van der Waals surface area contributed by atoms with Crippen molar-refractivity contribution in [1.29, 1.82) is 0 Å². The zero-order chi connectivity index (χ0) is 25.1. The molecule has 2 aliphatic heterocycles. The predicted molar refractivity (Wildman–Crippen MR) is 123 cm³/mol. The number of likely N-dealkylation sites (tertiary alicyclic amines) is 1. The number of likely N-dealkylation sites (N-methyl/N-ethyl adjacent to an activating group) is 1. The number of nitrogens with one attached hydrogen (secondary N) is 1. The number of methoxy groups -OCH3 is 1. The van der Waals surface area contributed by atoms with Crippen LogP contribution >= 0.6 is 0 Å². The normalized spacial score (nSPS) is 24.7. The van der Waals surface area contributed by atoms with Crippen molar-refractivity contribution in [2.24, 2.45) is 5.92 Å². The topological polar surface area (TPSA) is 178 Å². The third kappa shape index (κ3) is 5.00. The summed E-state index contributed by atoms with van der Waals surface area (Å²) in [6.45, 7) is 3.35. The van der Waals surface area contributed by atoms with Crippen LogP contribution in [0, 0.1) is 17.8 Å². The summed E-state index contributed by atoms with van der Waals surface area (Å²) >= 11 is 0. The molecule has 4 atom stereocenters. The number of rotatable bonds is 4. The first-order chi connectivity index (χ1) is 16.8. The predicted octanol–water partition coefficient (Wildman–Crippen LogP) is -0.616. The van der Waals surface area contributed by atoms with Gasteiger partial charge in [0.2, 0.25) is 5.82 Å². The van der Waals surface area contributed by atoms with Gasteiger partial charge in [-0.1, -0.05) is 5.92 Å². The lowest BCUT2D eigenvalue weighted by Crippen LogP contribution is -2.42. The molecule has 2 fully saturated rings. The number of carbonyl (C=O) groups excluding carboxylic acids is 2. The van der Waals surface area contributed by atoms with Gasteiger partial charge in [0.1, 0.15) is 17.7 Å². The fourth-order valence-corrected chi connectivity index (χ4v) is 4.28. The molecule has 13 nitrogen and oxygen atoms in total. The van der Waals surface area contributed by atoms with Crippen LogP contribution < -0.4 is 11.1 Å². The van der Waals surface area contributed by atoms with Gasteiger partial charge in [0.05, 0.1) is 13.4 Å². The number of aliphatic hydroxyl groups is 2. The molecule has 188 valence electrons. The van der Waals surface area contributed by atoms with Crippen molar-refractivity contribution in [1.82, 2.24) is 29.7 Å². The van der Waals surface area contributed by atoms with Crippen LogP contribution in [0.5, 0.6) is 0 Å². The minimum Gasteiger partial charge on any atom is -0.453 e. The van der Waals surface area contributed by atoms with Gasteiger partial charge >= 0.3 is 6.09 Å². The summed E-state index contributed by atoms with van der Waals surface area (Å²) in [5.74, 6) is 6.11. The molecule has 2 aromatic rings. The Balaban J connectivity index is 1.49. The largest absolute Gasteiger partial charge is 0.453 e. The van der Waals surface area contributed by atoms with E-state index in [0.29, 0.717) is 32.0 Å². The van der Waals surface area contributed by atoms with Gasteiger partial charge in [0.25, 0.3) is 5.91 Å². The number of nitrogens with zero attached hydrogens (tertiary/aromatic N) is 5. The van der Waals surface area contributed by atoms with Crippen LogP contribution in [0.2, 0.25) is 0 Å². The number of hydrogen-bond donors (Lipinski definition) is 4. The molecule has 0 spiro atoms. The van der Waals surface area contributed by atoms with Gasteiger partial charge in [-0.05, 0) is 31.6 Å². The first-order valence-corrected chi connectivity index (χ1v) is 11.4. The number of piperidine rings is 1. The molecule has 0 bridgehead atoms. The highest BCUT2D eigenvalue weighted by molar-refractivity contribution is 5.83. The molecule has 0 aliphatic carbocycles. The molecule has 1 unspecified atom stereocenters. The van der Waals surface area contributed by atoms with E-state index in [4.69, 9.17) is 15.2 Å². The summed E-state index contributed by atoms with van der Waals surface area (Å²) in [7, 11) is 1.37. The maximum absolute atomic E-state index is 12.2. The molecular weight excluding hydrogens is 458 g/mol. The van der Waals surface area contributed by atoms with Gasteiger partial charge in [-0.15, -0.1) is 0 Å². The Morgan fingerprint density at radius 3 is 2.71 bits per heavy atom. The number of fused-ring (bicyclic) bond motifs is 1.